The molecule has 1 heterocycles. The highest BCUT2D eigenvalue weighted by Gasteiger charge is 2.33. The molecule has 0 radical (unpaired) electrons. The summed E-state index contributed by atoms with van der Waals surface area (Å²) in [5.74, 6) is 0.468. The summed E-state index contributed by atoms with van der Waals surface area (Å²) < 4.78 is 27.0. The van der Waals surface area contributed by atoms with Gasteiger partial charge < -0.3 is 5.32 Å². The smallest absolute Gasteiger partial charge is 0.243 e. The summed E-state index contributed by atoms with van der Waals surface area (Å²) in [7, 11) is -3.58. The molecule has 0 spiro atoms. The first-order valence-electron chi connectivity index (χ1n) is 9.72. The van der Waals surface area contributed by atoms with Crippen molar-refractivity contribution < 1.29 is 13.2 Å². The number of nitriles is 1. The maximum absolute atomic E-state index is 12.8. The topological polar surface area (TPSA) is 90.3 Å². The third-order valence-corrected chi connectivity index (χ3v) is 7.80. The minimum Gasteiger partial charge on any atom is -0.353 e. The van der Waals surface area contributed by atoms with Crippen molar-refractivity contribution in [1.82, 2.24) is 9.62 Å². The molecule has 6 nitrogen and oxygen atoms in total. The molecule has 1 aliphatic carbocycles. The average molecular weight is 390 g/mol. The van der Waals surface area contributed by atoms with Crippen LogP contribution in [0, 0.1) is 23.2 Å². The summed E-state index contributed by atoms with van der Waals surface area (Å²) >= 11 is 0. The lowest BCUT2D eigenvalue weighted by atomic mass is 9.85. The second-order valence-corrected chi connectivity index (χ2v) is 9.63. The molecule has 1 aromatic carbocycles. The lowest BCUT2D eigenvalue weighted by Crippen LogP contribution is -2.47. The maximum atomic E-state index is 12.8. The van der Waals surface area contributed by atoms with E-state index in [1.54, 1.807) is 0 Å². The number of nitrogens with one attached hydrogen (secondary N) is 1. The van der Waals surface area contributed by atoms with Crippen molar-refractivity contribution in [3.05, 3.63) is 29.8 Å². The quantitative estimate of drug-likeness (QED) is 0.857. The van der Waals surface area contributed by atoms with E-state index in [0.717, 1.165) is 19.3 Å². The van der Waals surface area contributed by atoms with Crippen LogP contribution in [0.1, 0.15) is 51.0 Å². The Labute approximate surface area is 161 Å². The van der Waals surface area contributed by atoms with E-state index in [9.17, 15) is 13.2 Å². The lowest BCUT2D eigenvalue weighted by Gasteiger charge is -2.34. The number of nitrogens with zero attached hydrogens (tertiary/aromatic N) is 2. The van der Waals surface area contributed by atoms with Gasteiger partial charge in [0.1, 0.15) is 0 Å². The number of hydrogen-bond acceptors (Lipinski definition) is 4. The third-order valence-electron chi connectivity index (χ3n) is 5.89. The molecule has 7 heteroatoms. The normalized spacial score (nSPS) is 24.9. The monoisotopic (exact) mass is 389 g/mol. The van der Waals surface area contributed by atoms with Gasteiger partial charge in [0, 0.05) is 25.0 Å². The van der Waals surface area contributed by atoms with Crippen molar-refractivity contribution in [2.24, 2.45) is 11.8 Å². The van der Waals surface area contributed by atoms with Gasteiger partial charge in [-0.15, -0.1) is 0 Å². The first-order chi connectivity index (χ1) is 12.9. The van der Waals surface area contributed by atoms with E-state index < -0.39 is 10.0 Å². The van der Waals surface area contributed by atoms with Gasteiger partial charge in [0.05, 0.1) is 16.5 Å². The summed E-state index contributed by atoms with van der Waals surface area (Å²) in [5, 5.41) is 12.0. The van der Waals surface area contributed by atoms with Crippen LogP contribution in [0.3, 0.4) is 0 Å². The standard InChI is InChI=1S/C20H27N3O3S/c1-15-4-2-3-5-19(15)22-20(24)17-10-12-23(13-11-17)27(25,26)18-8-6-16(14-21)7-9-18/h6-9,15,17,19H,2-5,10-13H2,1H3,(H,22,24). The first-order valence-corrected chi connectivity index (χ1v) is 11.2. The molecule has 2 unspecified atom stereocenters. The number of sulfonamides is 1. The number of rotatable bonds is 4. The van der Waals surface area contributed by atoms with E-state index in [2.05, 4.69) is 12.2 Å². The van der Waals surface area contributed by atoms with Crippen LogP contribution in [0.5, 0.6) is 0 Å². The van der Waals surface area contributed by atoms with Gasteiger partial charge in [-0.05, 0) is 55.9 Å². The first kappa shape index (κ1) is 19.8. The van der Waals surface area contributed by atoms with Crippen LogP contribution in [-0.4, -0.2) is 37.8 Å². The molecule has 1 amide bonds. The molecular weight excluding hydrogens is 362 g/mol. The zero-order valence-electron chi connectivity index (χ0n) is 15.7. The Morgan fingerprint density at radius 2 is 1.74 bits per heavy atom. The molecular formula is C20H27N3O3S. The summed E-state index contributed by atoms with van der Waals surface area (Å²) in [6.07, 6.45) is 5.69. The fourth-order valence-electron chi connectivity index (χ4n) is 4.04. The minimum absolute atomic E-state index is 0.0733. The van der Waals surface area contributed by atoms with Crippen molar-refractivity contribution >= 4 is 15.9 Å². The van der Waals surface area contributed by atoms with Gasteiger partial charge in [-0.2, -0.15) is 9.57 Å². The molecule has 1 N–H and O–H groups in total. The van der Waals surface area contributed by atoms with Crippen molar-refractivity contribution in [3.63, 3.8) is 0 Å². The lowest BCUT2D eigenvalue weighted by molar-refractivity contribution is -0.127. The highest BCUT2D eigenvalue weighted by atomic mass is 32.2. The van der Waals surface area contributed by atoms with Gasteiger partial charge in [0.2, 0.25) is 15.9 Å². The number of benzene rings is 1. The summed E-state index contributed by atoms with van der Waals surface area (Å²) in [6, 6.07) is 8.21. The Morgan fingerprint density at radius 3 is 2.33 bits per heavy atom. The number of amides is 1. The number of piperidine rings is 1. The van der Waals surface area contributed by atoms with Crippen LogP contribution in [0.4, 0.5) is 0 Å². The third kappa shape index (κ3) is 4.50. The van der Waals surface area contributed by atoms with Crippen LogP contribution >= 0.6 is 0 Å². The highest BCUT2D eigenvalue weighted by Crippen LogP contribution is 2.27. The predicted molar refractivity (Wildman–Crippen MR) is 102 cm³/mol. The summed E-state index contributed by atoms with van der Waals surface area (Å²) in [4.78, 5) is 12.8. The largest absolute Gasteiger partial charge is 0.353 e. The summed E-state index contributed by atoms with van der Waals surface area (Å²) in [6.45, 7) is 2.89. The number of carbonyl (C=O) groups excluding carboxylic acids is 1. The average Bonchev–Trinajstić information content (AvgIpc) is 2.70. The van der Waals surface area contributed by atoms with E-state index >= 15 is 0 Å². The van der Waals surface area contributed by atoms with Crippen LogP contribution in [0.15, 0.2) is 29.2 Å². The van der Waals surface area contributed by atoms with Gasteiger partial charge >= 0.3 is 0 Å². The molecule has 0 aromatic heterocycles. The van der Waals surface area contributed by atoms with Crippen LogP contribution in [0.2, 0.25) is 0 Å². The maximum Gasteiger partial charge on any atom is 0.243 e. The molecule has 27 heavy (non-hydrogen) atoms. The molecule has 1 aliphatic heterocycles. The van der Waals surface area contributed by atoms with Gasteiger partial charge in [0.15, 0.2) is 0 Å². The SMILES string of the molecule is CC1CCCCC1NC(=O)C1CCN(S(=O)(=O)c2ccc(C#N)cc2)CC1. The van der Waals surface area contributed by atoms with E-state index in [-0.39, 0.29) is 22.8 Å². The van der Waals surface area contributed by atoms with E-state index in [1.807, 2.05) is 6.07 Å². The molecule has 1 saturated carbocycles. The number of carbonyl (C=O) groups is 1. The van der Waals surface area contributed by atoms with Crippen molar-refractivity contribution in [2.75, 3.05) is 13.1 Å². The van der Waals surface area contributed by atoms with Gasteiger partial charge in [-0.25, -0.2) is 8.42 Å². The molecule has 1 saturated heterocycles. The zero-order valence-corrected chi connectivity index (χ0v) is 16.5. The molecule has 0 bridgehead atoms. The Bertz CT molecular complexity index is 806. The van der Waals surface area contributed by atoms with E-state index in [1.165, 1.54) is 35.0 Å². The van der Waals surface area contributed by atoms with Gasteiger partial charge in [0.25, 0.3) is 0 Å². The second kappa shape index (κ2) is 8.41. The van der Waals surface area contributed by atoms with Crippen molar-refractivity contribution in [3.8, 4) is 6.07 Å². The Kier molecular flexibility index (Phi) is 6.18. The van der Waals surface area contributed by atoms with Gasteiger partial charge in [-0.3, -0.25) is 4.79 Å². The van der Waals surface area contributed by atoms with Crippen molar-refractivity contribution in [2.45, 2.75) is 56.4 Å². The van der Waals surface area contributed by atoms with Crippen LogP contribution < -0.4 is 5.32 Å². The Morgan fingerprint density at radius 1 is 1.11 bits per heavy atom. The second-order valence-electron chi connectivity index (χ2n) is 7.69. The fourth-order valence-corrected chi connectivity index (χ4v) is 5.51. The van der Waals surface area contributed by atoms with Gasteiger partial charge in [-0.1, -0.05) is 19.8 Å². The summed E-state index contributed by atoms with van der Waals surface area (Å²) in [5.41, 5.74) is 0.432. The fraction of sp³-hybridized carbons (Fsp3) is 0.600. The Balaban J connectivity index is 1.57. The predicted octanol–water partition coefficient (Wildman–Crippen LogP) is 2.65. The molecule has 2 aliphatic rings. The zero-order chi connectivity index (χ0) is 19.4. The molecule has 3 rings (SSSR count). The molecule has 2 fully saturated rings. The van der Waals surface area contributed by atoms with E-state index in [4.69, 9.17) is 5.26 Å². The minimum atomic E-state index is -3.58. The van der Waals surface area contributed by atoms with Crippen LogP contribution in [0.25, 0.3) is 0 Å². The molecule has 1 aromatic rings. The Hall–Kier alpha value is -1.91. The number of hydrogen-bond donors (Lipinski definition) is 1. The van der Waals surface area contributed by atoms with Crippen LogP contribution in [-0.2, 0) is 14.8 Å². The highest BCUT2D eigenvalue weighted by molar-refractivity contribution is 7.89. The molecule has 146 valence electrons. The van der Waals surface area contributed by atoms with E-state index in [0.29, 0.717) is 37.4 Å². The molecule has 2 atom stereocenters. The van der Waals surface area contributed by atoms with Crippen molar-refractivity contribution in [1.29, 1.82) is 5.26 Å².